The van der Waals surface area contributed by atoms with Gasteiger partial charge >= 0.3 is 0 Å². The first-order chi connectivity index (χ1) is 8.69. The predicted octanol–water partition coefficient (Wildman–Crippen LogP) is 2.87. The van der Waals surface area contributed by atoms with E-state index in [9.17, 15) is 8.42 Å². The van der Waals surface area contributed by atoms with Gasteiger partial charge in [0.05, 0.1) is 5.75 Å². The molecule has 5 heteroatoms. The zero-order chi connectivity index (χ0) is 14.6. The van der Waals surface area contributed by atoms with Crippen LogP contribution in [0.1, 0.15) is 30.0 Å². The number of hydrogen-bond acceptors (Lipinski definition) is 3. The van der Waals surface area contributed by atoms with Gasteiger partial charge in [-0.1, -0.05) is 11.6 Å². The minimum Gasteiger partial charge on any atom is -0.310 e. The first-order valence-electron chi connectivity index (χ1n) is 6.36. The fourth-order valence-electron chi connectivity index (χ4n) is 1.99. The van der Waals surface area contributed by atoms with Crippen molar-refractivity contribution in [1.29, 1.82) is 0 Å². The van der Waals surface area contributed by atoms with Crippen molar-refractivity contribution in [2.45, 2.75) is 39.8 Å². The molecular weight excluding hydrogens is 282 g/mol. The van der Waals surface area contributed by atoms with Crippen LogP contribution in [0.25, 0.3) is 0 Å². The number of rotatable bonds is 6. The second-order valence-electron chi connectivity index (χ2n) is 5.22. The molecule has 1 atom stereocenters. The second kappa shape index (κ2) is 6.73. The number of halogens is 1. The largest absolute Gasteiger partial charge is 0.310 e. The normalized spacial score (nSPS) is 13.5. The van der Waals surface area contributed by atoms with Gasteiger partial charge in [-0.15, -0.1) is 0 Å². The zero-order valence-corrected chi connectivity index (χ0v) is 13.5. The van der Waals surface area contributed by atoms with Crippen molar-refractivity contribution in [3.8, 4) is 0 Å². The van der Waals surface area contributed by atoms with Gasteiger partial charge < -0.3 is 5.32 Å². The number of benzene rings is 1. The molecule has 0 bridgehead atoms. The van der Waals surface area contributed by atoms with Crippen LogP contribution in [0, 0.1) is 13.8 Å². The van der Waals surface area contributed by atoms with E-state index in [4.69, 9.17) is 11.6 Å². The Labute approximate surface area is 121 Å². The van der Waals surface area contributed by atoms with Gasteiger partial charge in [-0.2, -0.15) is 0 Å². The molecule has 1 aromatic rings. The van der Waals surface area contributed by atoms with Crippen molar-refractivity contribution in [2.75, 3.05) is 12.0 Å². The minimum atomic E-state index is -2.88. The second-order valence-corrected chi connectivity index (χ2v) is 7.91. The average Bonchev–Trinajstić information content (AvgIpc) is 2.23. The van der Waals surface area contributed by atoms with Crippen LogP contribution < -0.4 is 5.32 Å². The Hall–Kier alpha value is -0.580. The topological polar surface area (TPSA) is 46.2 Å². The summed E-state index contributed by atoms with van der Waals surface area (Å²) in [5.74, 6) is 0.222. The molecule has 0 unspecified atom stereocenters. The summed E-state index contributed by atoms with van der Waals surface area (Å²) in [5, 5.41) is 4.12. The zero-order valence-electron chi connectivity index (χ0n) is 12.0. The van der Waals surface area contributed by atoms with Crippen LogP contribution in [-0.2, 0) is 16.4 Å². The van der Waals surface area contributed by atoms with Crippen molar-refractivity contribution in [3.63, 3.8) is 0 Å². The van der Waals surface area contributed by atoms with Gasteiger partial charge in [0.1, 0.15) is 9.84 Å². The third kappa shape index (κ3) is 5.93. The van der Waals surface area contributed by atoms with Crippen LogP contribution >= 0.6 is 11.6 Å². The molecule has 0 fully saturated rings. The molecule has 0 spiro atoms. The van der Waals surface area contributed by atoms with Crippen LogP contribution in [0.2, 0.25) is 5.02 Å². The smallest absolute Gasteiger partial charge is 0.147 e. The molecule has 0 aliphatic carbocycles. The highest BCUT2D eigenvalue weighted by Gasteiger charge is 2.09. The Morgan fingerprint density at radius 3 is 2.26 bits per heavy atom. The number of hydrogen-bond donors (Lipinski definition) is 1. The molecular formula is C14H22ClNO2S. The van der Waals surface area contributed by atoms with Gasteiger partial charge in [0.2, 0.25) is 0 Å². The Balaban J connectivity index is 2.58. The fourth-order valence-corrected chi connectivity index (χ4v) is 3.10. The first-order valence-corrected chi connectivity index (χ1v) is 8.79. The van der Waals surface area contributed by atoms with Crippen LogP contribution in [0.5, 0.6) is 0 Å². The number of nitrogens with one attached hydrogen (secondary N) is 1. The molecule has 108 valence electrons. The van der Waals surface area contributed by atoms with Gasteiger partial charge in [0, 0.05) is 23.9 Å². The Morgan fingerprint density at radius 1 is 1.26 bits per heavy atom. The van der Waals surface area contributed by atoms with E-state index >= 15 is 0 Å². The molecule has 1 rings (SSSR count). The lowest BCUT2D eigenvalue weighted by molar-refractivity contribution is 0.526. The summed E-state index contributed by atoms with van der Waals surface area (Å²) in [6, 6.07) is 4.07. The van der Waals surface area contributed by atoms with Gasteiger partial charge in [0.25, 0.3) is 0 Å². The van der Waals surface area contributed by atoms with E-state index < -0.39 is 9.84 Å². The van der Waals surface area contributed by atoms with Gasteiger partial charge in [0.15, 0.2) is 0 Å². The Morgan fingerprint density at radius 2 is 1.79 bits per heavy atom. The molecule has 0 aliphatic rings. The number of sulfone groups is 1. The van der Waals surface area contributed by atoms with Gasteiger partial charge in [-0.3, -0.25) is 0 Å². The molecule has 3 nitrogen and oxygen atoms in total. The summed E-state index contributed by atoms with van der Waals surface area (Å²) in [7, 11) is -2.88. The summed E-state index contributed by atoms with van der Waals surface area (Å²) in [6.45, 7) is 6.82. The molecule has 0 saturated carbocycles. The molecule has 0 amide bonds. The maximum atomic E-state index is 11.1. The first kappa shape index (κ1) is 16.5. The Kier molecular flexibility index (Phi) is 5.83. The van der Waals surface area contributed by atoms with Crippen LogP contribution in [0.15, 0.2) is 12.1 Å². The summed E-state index contributed by atoms with van der Waals surface area (Å²) in [6.07, 6.45) is 1.90. The summed E-state index contributed by atoms with van der Waals surface area (Å²) < 4.78 is 22.2. The summed E-state index contributed by atoms with van der Waals surface area (Å²) >= 11 is 6.00. The molecule has 1 aromatic carbocycles. The highest BCUT2D eigenvalue weighted by atomic mass is 35.5. The molecule has 0 radical (unpaired) electrons. The quantitative estimate of drug-likeness (QED) is 0.879. The molecule has 0 aromatic heterocycles. The van der Waals surface area contributed by atoms with E-state index in [1.54, 1.807) is 0 Å². The monoisotopic (exact) mass is 303 g/mol. The fraction of sp³-hybridized carbons (Fsp3) is 0.571. The van der Waals surface area contributed by atoms with Crippen LogP contribution in [-0.4, -0.2) is 26.5 Å². The minimum absolute atomic E-state index is 0.171. The lowest BCUT2D eigenvalue weighted by Crippen LogP contribution is -2.28. The maximum absolute atomic E-state index is 11.1. The standard InChI is InChI=1S/C14H22ClNO2S/c1-10-7-13(15)8-11(2)14(10)9-16-12(3)5-6-19(4,17)18/h7-8,12,16H,5-6,9H2,1-4H3/t12-/m1/s1. The van der Waals surface area contributed by atoms with E-state index in [1.807, 2.05) is 32.9 Å². The highest BCUT2D eigenvalue weighted by molar-refractivity contribution is 7.90. The maximum Gasteiger partial charge on any atom is 0.147 e. The molecule has 0 heterocycles. The lowest BCUT2D eigenvalue weighted by Gasteiger charge is -2.16. The van der Waals surface area contributed by atoms with E-state index in [2.05, 4.69) is 5.32 Å². The molecule has 1 N–H and O–H groups in total. The molecule has 0 saturated heterocycles. The number of aryl methyl sites for hydroxylation is 2. The third-order valence-electron chi connectivity index (χ3n) is 3.21. The van der Waals surface area contributed by atoms with Gasteiger partial charge in [-0.05, 0) is 56.0 Å². The van der Waals surface area contributed by atoms with E-state index in [0.29, 0.717) is 6.42 Å². The lowest BCUT2D eigenvalue weighted by atomic mass is 10.0. The van der Waals surface area contributed by atoms with Crippen molar-refractivity contribution in [1.82, 2.24) is 5.32 Å². The van der Waals surface area contributed by atoms with Crippen LogP contribution in [0.4, 0.5) is 0 Å². The predicted molar refractivity (Wildman–Crippen MR) is 81.6 cm³/mol. The van der Waals surface area contributed by atoms with E-state index in [-0.39, 0.29) is 11.8 Å². The average molecular weight is 304 g/mol. The van der Waals surface area contributed by atoms with Gasteiger partial charge in [-0.25, -0.2) is 8.42 Å². The van der Waals surface area contributed by atoms with E-state index in [0.717, 1.165) is 22.7 Å². The SMILES string of the molecule is Cc1cc(Cl)cc(C)c1CN[C@H](C)CCS(C)(=O)=O. The Bertz CT molecular complexity index is 517. The van der Waals surface area contributed by atoms with Crippen molar-refractivity contribution in [3.05, 3.63) is 33.8 Å². The summed E-state index contributed by atoms with van der Waals surface area (Å²) in [5.41, 5.74) is 3.55. The van der Waals surface area contributed by atoms with Crippen molar-refractivity contribution >= 4 is 21.4 Å². The third-order valence-corrected chi connectivity index (χ3v) is 4.41. The van der Waals surface area contributed by atoms with Crippen molar-refractivity contribution in [2.24, 2.45) is 0 Å². The molecule has 19 heavy (non-hydrogen) atoms. The van der Waals surface area contributed by atoms with E-state index in [1.165, 1.54) is 11.8 Å². The van der Waals surface area contributed by atoms with Crippen LogP contribution in [0.3, 0.4) is 0 Å². The summed E-state index contributed by atoms with van der Waals surface area (Å²) in [4.78, 5) is 0. The van der Waals surface area contributed by atoms with Crippen molar-refractivity contribution < 1.29 is 8.42 Å². The molecule has 0 aliphatic heterocycles. The highest BCUT2D eigenvalue weighted by Crippen LogP contribution is 2.20.